The van der Waals surface area contributed by atoms with Crippen LogP contribution in [0.15, 0.2) is 76.5 Å². The van der Waals surface area contributed by atoms with E-state index in [0.717, 1.165) is 9.20 Å². The van der Waals surface area contributed by atoms with Gasteiger partial charge in [0, 0.05) is 21.7 Å². The zero-order chi connectivity index (χ0) is 20.6. The molecule has 4 rings (SSSR count). The van der Waals surface area contributed by atoms with Crippen LogP contribution in [0.2, 0.25) is 0 Å². The molecular weight excluding hydrogens is 411 g/mol. The number of benzene rings is 3. The van der Waals surface area contributed by atoms with E-state index in [1.807, 2.05) is 24.5 Å². The van der Waals surface area contributed by atoms with E-state index < -0.39 is 28.3 Å². The molecule has 1 aliphatic heterocycles. The molecule has 5 nitrogen and oxygen atoms in total. The molecule has 0 unspecified atom stereocenters. The molecule has 1 amide bonds. The maximum Gasteiger partial charge on any atom is 0.265 e. The van der Waals surface area contributed by atoms with Crippen LogP contribution in [0.5, 0.6) is 0 Å². The molecular formula is C21H17FN2O3S2. The molecule has 3 aromatic rings. The van der Waals surface area contributed by atoms with E-state index in [-0.39, 0.29) is 10.6 Å². The molecule has 0 aliphatic carbocycles. The summed E-state index contributed by atoms with van der Waals surface area (Å²) in [5, 5.41) is 2.74. The molecule has 0 aromatic heterocycles. The number of nitrogens with zero attached hydrogens (tertiary/aromatic N) is 1. The van der Waals surface area contributed by atoms with Crippen molar-refractivity contribution in [3.05, 3.63) is 72.5 Å². The van der Waals surface area contributed by atoms with Crippen LogP contribution in [0.4, 0.5) is 15.8 Å². The first-order valence-electron chi connectivity index (χ1n) is 8.76. The number of carbonyl (C=O) groups is 1. The Morgan fingerprint density at radius 2 is 1.83 bits per heavy atom. The fourth-order valence-corrected chi connectivity index (χ4v) is 5.41. The standard InChI is InChI=1S/C21H17FN2O3S2/c1-28-16-6-4-5-15(12-16)23-21(25)13-24-19-10-9-14(22)11-18(19)17-7-2-3-8-20(17)29(24,26)27/h2-12H,13H2,1H3,(H,23,25). The van der Waals surface area contributed by atoms with Gasteiger partial charge in [0.2, 0.25) is 5.91 Å². The van der Waals surface area contributed by atoms with Gasteiger partial charge in [0.05, 0.1) is 10.6 Å². The third kappa shape index (κ3) is 3.61. The summed E-state index contributed by atoms with van der Waals surface area (Å²) in [4.78, 5) is 13.7. The summed E-state index contributed by atoms with van der Waals surface area (Å²) in [5.74, 6) is -0.961. The summed E-state index contributed by atoms with van der Waals surface area (Å²) in [6, 6.07) is 17.5. The Morgan fingerprint density at radius 3 is 2.62 bits per heavy atom. The zero-order valence-electron chi connectivity index (χ0n) is 15.4. The molecule has 3 aromatic carbocycles. The SMILES string of the molecule is CSc1cccc(NC(=O)CN2c3ccc(F)cc3-c3ccccc3S2(=O)=O)c1. The van der Waals surface area contributed by atoms with E-state index in [4.69, 9.17) is 0 Å². The summed E-state index contributed by atoms with van der Waals surface area (Å²) in [7, 11) is -3.96. The summed E-state index contributed by atoms with van der Waals surface area (Å²) >= 11 is 1.54. The molecule has 1 heterocycles. The van der Waals surface area contributed by atoms with E-state index in [2.05, 4.69) is 5.32 Å². The van der Waals surface area contributed by atoms with Crippen molar-refractivity contribution in [1.82, 2.24) is 0 Å². The second kappa shape index (κ2) is 7.53. The van der Waals surface area contributed by atoms with Crippen molar-refractivity contribution in [2.75, 3.05) is 22.4 Å². The van der Waals surface area contributed by atoms with Gasteiger partial charge in [-0.05, 0) is 48.7 Å². The average Bonchev–Trinajstić information content (AvgIpc) is 2.71. The van der Waals surface area contributed by atoms with Crippen molar-refractivity contribution >= 4 is 39.1 Å². The topological polar surface area (TPSA) is 66.5 Å². The van der Waals surface area contributed by atoms with Crippen LogP contribution < -0.4 is 9.62 Å². The number of sulfonamides is 1. The Labute approximate surface area is 172 Å². The normalized spacial score (nSPS) is 14.1. The van der Waals surface area contributed by atoms with Gasteiger partial charge in [-0.25, -0.2) is 12.8 Å². The zero-order valence-corrected chi connectivity index (χ0v) is 17.1. The van der Waals surface area contributed by atoms with Gasteiger partial charge >= 0.3 is 0 Å². The van der Waals surface area contributed by atoms with Crippen molar-refractivity contribution in [1.29, 1.82) is 0 Å². The van der Waals surface area contributed by atoms with Gasteiger partial charge in [-0.3, -0.25) is 9.10 Å². The van der Waals surface area contributed by atoms with E-state index in [9.17, 15) is 17.6 Å². The fraction of sp³-hybridized carbons (Fsp3) is 0.0952. The summed E-state index contributed by atoms with van der Waals surface area (Å²) in [6.45, 7) is -0.418. The highest BCUT2D eigenvalue weighted by Gasteiger charge is 2.36. The van der Waals surface area contributed by atoms with Crippen molar-refractivity contribution in [2.24, 2.45) is 0 Å². The van der Waals surface area contributed by atoms with Crippen molar-refractivity contribution in [2.45, 2.75) is 9.79 Å². The van der Waals surface area contributed by atoms with E-state index in [0.29, 0.717) is 16.8 Å². The predicted octanol–water partition coefficient (Wildman–Crippen LogP) is 4.36. The fourth-order valence-electron chi connectivity index (χ4n) is 3.31. The minimum Gasteiger partial charge on any atom is -0.324 e. The number of thioether (sulfide) groups is 1. The van der Waals surface area contributed by atoms with Crippen LogP contribution in [0.3, 0.4) is 0 Å². The van der Waals surface area contributed by atoms with Crippen molar-refractivity contribution in [3.63, 3.8) is 0 Å². The molecule has 0 radical (unpaired) electrons. The third-order valence-electron chi connectivity index (χ3n) is 4.61. The first-order valence-corrected chi connectivity index (χ1v) is 11.4. The highest BCUT2D eigenvalue weighted by molar-refractivity contribution is 7.98. The number of halogens is 1. The Balaban J connectivity index is 1.71. The molecule has 1 aliphatic rings. The Bertz CT molecular complexity index is 1210. The molecule has 1 N–H and O–H groups in total. The number of amides is 1. The van der Waals surface area contributed by atoms with Crippen molar-refractivity contribution < 1.29 is 17.6 Å². The summed E-state index contributed by atoms with van der Waals surface area (Å²) in [6.07, 6.45) is 1.93. The Kier molecular flexibility index (Phi) is 5.06. The highest BCUT2D eigenvalue weighted by atomic mass is 32.2. The van der Waals surface area contributed by atoms with Gasteiger partial charge in [-0.2, -0.15) is 0 Å². The molecule has 0 atom stereocenters. The maximum absolute atomic E-state index is 13.9. The van der Waals surface area contributed by atoms with Crippen LogP contribution in [0, 0.1) is 5.82 Å². The van der Waals surface area contributed by atoms with E-state index in [1.54, 1.807) is 24.3 Å². The molecule has 8 heteroatoms. The smallest absolute Gasteiger partial charge is 0.265 e. The van der Waals surface area contributed by atoms with Gasteiger partial charge in [0.15, 0.2) is 0 Å². The minimum atomic E-state index is -3.96. The van der Waals surface area contributed by atoms with Gasteiger partial charge in [0.25, 0.3) is 10.0 Å². The molecule has 0 fully saturated rings. The average molecular weight is 429 g/mol. The highest BCUT2D eigenvalue weighted by Crippen LogP contribution is 2.43. The molecule has 29 heavy (non-hydrogen) atoms. The lowest BCUT2D eigenvalue weighted by molar-refractivity contribution is -0.114. The number of nitrogens with one attached hydrogen (secondary N) is 1. The van der Waals surface area contributed by atoms with Crippen LogP contribution in [0.25, 0.3) is 11.1 Å². The van der Waals surface area contributed by atoms with Gasteiger partial charge < -0.3 is 5.32 Å². The van der Waals surface area contributed by atoms with Crippen LogP contribution >= 0.6 is 11.8 Å². The van der Waals surface area contributed by atoms with Gasteiger partial charge in [-0.15, -0.1) is 11.8 Å². The summed E-state index contributed by atoms with van der Waals surface area (Å²) < 4.78 is 41.3. The summed E-state index contributed by atoms with van der Waals surface area (Å²) in [5.41, 5.74) is 1.72. The molecule has 148 valence electrons. The number of fused-ring (bicyclic) bond motifs is 3. The van der Waals surface area contributed by atoms with E-state index >= 15 is 0 Å². The number of carbonyl (C=O) groups excluding carboxylic acids is 1. The first kappa shape index (κ1) is 19.5. The maximum atomic E-state index is 13.9. The molecule has 0 spiro atoms. The minimum absolute atomic E-state index is 0.0512. The quantitative estimate of drug-likeness (QED) is 0.627. The first-order chi connectivity index (χ1) is 13.9. The largest absolute Gasteiger partial charge is 0.324 e. The number of hydrogen-bond donors (Lipinski definition) is 1. The Morgan fingerprint density at radius 1 is 1.03 bits per heavy atom. The molecule has 0 bridgehead atoms. The lowest BCUT2D eigenvalue weighted by Crippen LogP contribution is -2.40. The third-order valence-corrected chi connectivity index (χ3v) is 7.16. The van der Waals surface area contributed by atoms with Gasteiger partial charge in [0.1, 0.15) is 12.4 Å². The number of anilines is 2. The van der Waals surface area contributed by atoms with Crippen LogP contribution in [-0.2, 0) is 14.8 Å². The lowest BCUT2D eigenvalue weighted by atomic mass is 10.0. The van der Waals surface area contributed by atoms with Crippen LogP contribution in [-0.4, -0.2) is 27.1 Å². The lowest BCUT2D eigenvalue weighted by Gasteiger charge is -2.31. The predicted molar refractivity (Wildman–Crippen MR) is 113 cm³/mol. The Hall–Kier alpha value is -2.84. The van der Waals surface area contributed by atoms with Crippen molar-refractivity contribution in [3.8, 4) is 11.1 Å². The van der Waals surface area contributed by atoms with Crippen LogP contribution in [0.1, 0.15) is 0 Å². The second-order valence-corrected chi connectivity index (χ2v) is 9.16. The van der Waals surface area contributed by atoms with Gasteiger partial charge in [-0.1, -0.05) is 24.3 Å². The second-order valence-electron chi connectivity index (χ2n) is 6.45. The molecule has 0 saturated heterocycles. The number of rotatable bonds is 4. The molecule has 0 saturated carbocycles. The monoisotopic (exact) mass is 428 g/mol. The van der Waals surface area contributed by atoms with E-state index in [1.165, 1.54) is 36.0 Å². The number of hydrogen-bond acceptors (Lipinski definition) is 4.